The summed E-state index contributed by atoms with van der Waals surface area (Å²) in [6, 6.07) is 0. The molecule has 0 saturated heterocycles. The van der Waals surface area contributed by atoms with E-state index in [2.05, 4.69) is 5.10 Å². The normalized spacial score (nSPS) is 11.7. The largest absolute Gasteiger partial charge is 0.478 e. The molecule has 1 rings (SSSR count). The summed E-state index contributed by atoms with van der Waals surface area (Å²) in [5, 5.41) is 12.7. The molecule has 1 heterocycles. The van der Waals surface area contributed by atoms with Crippen molar-refractivity contribution in [3.8, 4) is 0 Å². The van der Waals surface area contributed by atoms with E-state index in [1.807, 2.05) is 6.92 Å². The lowest BCUT2D eigenvalue weighted by Gasteiger charge is -1.94. The summed E-state index contributed by atoms with van der Waals surface area (Å²) in [7, 11) is 1.80. The van der Waals surface area contributed by atoms with Crippen LogP contribution in [0.3, 0.4) is 0 Å². The Morgan fingerprint density at radius 1 is 1.77 bits per heavy atom. The molecule has 0 aliphatic carbocycles. The Bertz CT molecular complexity index is 339. The summed E-state index contributed by atoms with van der Waals surface area (Å²) in [5.74, 6) is -0.869. The molecule has 13 heavy (non-hydrogen) atoms. The van der Waals surface area contributed by atoms with Crippen molar-refractivity contribution in [2.24, 2.45) is 7.05 Å². The first-order valence-corrected chi connectivity index (χ1v) is 4.06. The van der Waals surface area contributed by atoms with Gasteiger partial charge in [-0.3, -0.25) is 4.68 Å². The van der Waals surface area contributed by atoms with Gasteiger partial charge in [-0.05, 0) is 12.5 Å². The standard InChI is InChI=1S/C9H12N2O2/c1-3-8(9(12)13)4-7-5-10-11(2)6-7/h4-6H,3H2,1-2H3,(H,12,13)/b8-4+. The maximum absolute atomic E-state index is 10.6. The van der Waals surface area contributed by atoms with Crippen molar-refractivity contribution in [2.45, 2.75) is 13.3 Å². The highest BCUT2D eigenvalue weighted by atomic mass is 16.4. The Hall–Kier alpha value is -1.58. The molecule has 0 aliphatic heterocycles. The molecule has 0 fully saturated rings. The minimum Gasteiger partial charge on any atom is -0.478 e. The van der Waals surface area contributed by atoms with Crippen molar-refractivity contribution in [1.82, 2.24) is 9.78 Å². The molecule has 0 aromatic carbocycles. The Labute approximate surface area is 76.5 Å². The first-order chi connectivity index (χ1) is 6.13. The molecule has 70 valence electrons. The molecule has 0 saturated carbocycles. The lowest BCUT2D eigenvalue weighted by atomic mass is 10.1. The number of aromatic nitrogens is 2. The molecule has 4 nitrogen and oxygen atoms in total. The van der Waals surface area contributed by atoms with E-state index in [-0.39, 0.29) is 0 Å². The number of nitrogens with zero attached hydrogens (tertiary/aromatic N) is 2. The molecule has 0 spiro atoms. The van der Waals surface area contributed by atoms with Crippen LogP contribution in [0.2, 0.25) is 0 Å². The average molecular weight is 180 g/mol. The quantitative estimate of drug-likeness (QED) is 0.713. The van der Waals surface area contributed by atoms with Crippen LogP contribution in [-0.4, -0.2) is 20.9 Å². The van der Waals surface area contributed by atoms with E-state index in [1.165, 1.54) is 0 Å². The van der Waals surface area contributed by atoms with E-state index in [1.54, 1.807) is 30.2 Å². The highest BCUT2D eigenvalue weighted by Gasteiger charge is 2.04. The predicted molar refractivity (Wildman–Crippen MR) is 49.1 cm³/mol. The SMILES string of the molecule is CC/C(=C\c1cnn(C)c1)C(=O)O. The molecule has 0 radical (unpaired) electrons. The van der Waals surface area contributed by atoms with E-state index in [0.29, 0.717) is 12.0 Å². The number of carboxylic acid groups (broad SMARTS) is 1. The molecule has 4 heteroatoms. The van der Waals surface area contributed by atoms with Gasteiger partial charge in [0.2, 0.25) is 0 Å². The number of carbonyl (C=O) groups is 1. The van der Waals surface area contributed by atoms with Gasteiger partial charge in [-0.1, -0.05) is 6.92 Å². The van der Waals surface area contributed by atoms with Crippen LogP contribution in [0.5, 0.6) is 0 Å². The van der Waals surface area contributed by atoms with E-state index < -0.39 is 5.97 Å². The van der Waals surface area contributed by atoms with Crippen molar-refractivity contribution in [3.05, 3.63) is 23.5 Å². The Kier molecular flexibility index (Phi) is 2.84. The molecular weight excluding hydrogens is 168 g/mol. The van der Waals surface area contributed by atoms with Crippen molar-refractivity contribution < 1.29 is 9.90 Å². The van der Waals surface area contributed by atoms with Crippen LogP contribution < -0.4 is 0 Å². The van der Waals surface area contributed by atoms with E-state index in [9.17, 15) is 4.79 Å². The van der Waals surface area contributed by atoms with Crippen LogP contribution in [0.15, 0.2) is 18.0 Å². The maximum atomic E-state index is 10.6. The fourth-order valence-electron chi connectivity index (χ4n) is 1.03. The zero-order valence-corrected chi connectivity index (χ0v) is 7.69. The van der Waals surface area contributed by atoms with Gasteiger partial charge < -0.3 is 5.11 Å². The lowest BCUT2D eigenvalue weighted by molar-refractivity contribution is -0.132. The van der Waals surface area contributed by atoms with Crippen molar-refractivity contribution >= 4 is 12.0 Å². The van der Waals surface area contributed by atoms with Crippen molar-refractivity contribution in [2.75, 3.05) is 0 Å². The van der Waals surface area contributed by atoms with Crippen LogP contribution in [0, 0.1) is 0 Å². The summed E-state index contributed by atoms with van der Waals surface area (Å²) in [5.41, 5.74) is 1.22. The van der Waals surface area contributed by atoms with Crippen molar-refractivity contribution in [3.63, 3.8) is 0 Å². The zero-order chi connectivity index (χ0) is 9.84. The third-order valence-corrected chi connectivity index (χ3v) is 1.72. The fraction of sp³-hybridized carbons (Fsp3) is 0.333. The van der Waals surface area contributed by atoms with Crippen LogP contribution in [0.25, 0.3) is 6.08 Å². The van der Waals surface area contributed by atoms with Gasteiger partial charge in [0.25, 0.3) is 0 Å². The molecule has 0 amide bonds. The number of hydrogen-bond acceptors (Lipinski definition) is 2. The van der Waals surface area contributed by atoms with Crippen LogP contribution in [-0.2, 0) is 11.8 Å². The third kappa shape index (κ3) is 2.43. The van der Waals surface area contributed by atoms with Gasteiger partial charge in [-0.25, -0.2) is 4.79 Å². The Morgan fingerprint density at radius 2 is 2.46 bits per heavy atom. The molecule has 0 bridgehead atoms. The van der Waals surface area contributed by atoms with Gasteiger partial charge in [-0.15, -0.1) is 0 Å². The number of aryl methyl sites for hydroxylation is 1. The van der Waals surface area contributed by atoms with E-state index >= 15 is 0 Å². The summed E-state index contributed by atoms with van der Waals surface area (Å²) in [6.45, 7) is 1.82. The van der Waals surface area contributed by atoms with E-state index in [0.717, 1.165) is 5.56 Å². The second-order valence-corrected chi connectivity index (χ2v) is 2.78. The first kappa shape index (κ1) is 9.51. The van der Waals surface area contributed by atoms with Crippen LogP contribution >= 0.6 is 0 Å². The summed E-state index contributed by atoms with van der Waals surface area (Å²) < 4.78 is 1.64. The van der Waals surface area contributed by atoms with Crippen molar-refractivity contribution in [1.29, 1.82) is 0 Å². The monoisotopic (exact) mass is 180 g/mol. The molecule has 0 atom stereocenters. The minimum atomic E-state index is -0.869. The van der Waals surface area contributed by atoms with Gasteiger partial charge in [0, 0.05) is 24.4 Å². The summed E-state index contributed by atoms with van der Waals surface area (Å²) >= 11 is 0. The molecule has 1 aromatic rings. The predicted octanol–water partition coefficient (Wildman–Crippen LogP) is 1.30. The third-order valence-electron chi connectivity index (χ3n) is 1.72. The second kappa shape index (κ2) is 3.89. The molecular formula is C9H12N2O2. The topological polar surface area (TPSA) is 55.1 Å². The van der Waals surface area contributed by atoms with Crippen LogP contribution in [0.4, 0.5) is 0 Å². The highest BCUT2D eigenvalue weighted by molar-refractivity contribution is 5.91. The van der Waals surface area contributed by atoms with Gasteiger partial charge in [0.1, 0.15) is 0 Å². The Morgan fingerprint density at radius 3 is 2.85 bits per heavy atom. The summed E-state index contributed by atoms with van der Waals surface area (Å²) in [4.78, 5) is 10.6. The van der Waals surface area contributed by atoms with Gasteiger partial charge in [0.05, 0.1) is 6.20 Å². The number of rotatable bonds is 3. The molecule has 1 N–H and O–H groups in total. The molecule has 1 aromatic heterocycles. The Balaban J connectivity index is 2.91. The van der Waals surface area contributed by atoms with Gasteiger partial charge in [0.15, 0.2) is 0 Å². The second-order valence-electron chi connectivity index (χ2n) is 2.78. The summed E-state index contributed by atoms with van der Waals surface area (Å²) in [6.07, 6.45) is 5.57. The minimum absolute atomic E-state index is 0.396. The average Bonchev–Trinajstić information content (AvgIpc) is 2.46. The molecule has 0 unspecified atom stereocenters. The highest BCUT2D eigenvalue weighted by Crippen LogP contribution is 2.08. The molecule has 0 aliphatic rings. The number of hydrogen-bond donors (Lipinski definition) is 1. The fourth-order valence-corrected chi connectivity index (χ4v) is 1.03. The lowest BCUT2D eigenvalue weighted by Crippen LogP contribution is -1.98. The van der Waals surface area contributed by atoms with Gasteiger partial charge in [-0.2, -0.15) is 5.10 Å². The smallest absolute Gasteiger partial charge is 0.331 e. The maximum Gasteiger partial charge on any atom is 0.331 e. The zero-order valence-electron chi connectivity index (χ0n) is 7.69. The first-order valence-electron chi connectivity index (χ1n) is 4.06. The number of carboxylic acids is 1. The van der Waals surface area contributed by atoms with Gasteiger partial charge >= 0.3 is 5.97 Å². The van der Waals surface area contributed by atoms with E-state index in [4.69, 9.17) is 5.11 Å². The number of aliphatic carboxylic acids is 1. The van der Waals surface area contributed by atoms with Crippen LogP contribution in [0.1, 0.15) is 18.9 Å².